The van der Waals surface area contributed by atoms with E-state index >= 15 is 0 Å². The number of hydrogen-bond acceptors (Lipinski definition) is 2. The van der Waals surface area contributed by atoms with Crippen molar-refractivity contribution in [2.24, 2.45) is 0 Å². The van der Waals surface area contributed by atoms with Gasteiger partial charge in [-0.15, -0.1) is 0 Å². The molecule has 0 aromatic heterocycles. The van der Waals surface area contributed by atoms with Crippen molar-refractivity contribution in [3.8, 4) is 4.97 Å². The molecule has 0 aromatic carbocycles. The van der Waals surface area contributed by atoms with Gasteiger partial charge in [0.1, 0.15) is 0 Å². The molecule has 0 aliphatic heterocycles. The first kappa shape index (κ1) is 6.48. The topological polar surface area (TPSA) is 61.1 Å². The van der Waals surface area contributed by atoms with Crippen LogP contribution in [0.3, 0.4) is 0 Å². The molecule has 0 amide bonds. The maximum atomic E-state index is 9.62. The predicted molar refractivity (Wildman–Crippen MR) is 23.8 cm³/mol. The quantitative estimate of drug-likeness (QED) is 0.568. The van der Waals surface area contributed by atoms with Gasteiger partial charge in [-0.05, 0) is 0 Å². The molecule has 0 aromatic rings. The van der Waals surface area contributed by atoms with Crippen molar-refractivity contribution in [2.45, 2.75) is 5.32 Å². The van der Waals surface area contributed by atoms with E-state index in [2.05, 4.69) is 0 Å². The van der Waals surface area contributed by atoms with Gasteiger partial charge in [0, 0.05) is 0 Å². The number of nitrogens with zero attached hydrogens (tertiary/aromatic N) is 1. The third-order valence-electron chi connectivity index (χ3n) is 0.260. The molecule has 38 valence electrons. The Kier molecular flexibility index (Phi) is 3.39. The zero-order valence-corrected chi connectivity index (χ0v) is 5.13. The zero-order valence-electron chi connectivity index (χ0n) is 3.42. The van der Waals surface area contributed by atoms with Gasteiger partial charge in [-0.1, -0.05) is 0 Å². The minimum atomic E-state index is -0.887. The summed E-state index contributed by atoms with van der Waals surface area (Å²) >= 11 is -0.355. The van der Waals surface area contributed by atoms with E-state index in [0.717, 1.165) is 0 Å². The molecule has 0 spiro atoms. The fourth-order valence-electron chi connectivity index (χ4n) is 0.0940. The summed E-state index contributed by atoms with van der Waals surface area (Å²) in [5.41, 5.74) is 0. The second-order valence-electron chi connectivity index (χ2n) is 0.774. The van der Waals surface area contributed by atoms with Gasteiger partial charge < -0.3 is 0 Å². The van der Waals surface area contributed by atoms with E-state index < -0.39 is 5.97 Å². The van der Waals surface area contributed by atoms with E-state index in [1.165, 1.54) is 0 Å². The van der Waals surface area contributed by atoms with Crippen molar-refractivity contribution in [1.29, 1.82) is 5.26 Å². The van der Waals surface area contributed by atoms with Gasteiger partial charge in [0.15, 0.2) is 0 Å². The average molecular weight is 164 g/mol. The summed E-state index contributed by atoms with van der Waals surface area (Å²) in [7, 11) is 0. The number of rotatable bonds is 2. The van der Waals surface area contributed by atoms with E-state index in [9.17, 15) is 4.79 Å². The molecule has 0 saturated heterocycles. The molecule has 0 fully saturated rings. The molecular weight excluding hydrogens is 161 g/mol. The van der Waals surface area contributed by atoms with Gasteiger partial charge in [0.2, 0.25) is 0 Å². The van der Waals surface area contributed by atoms with Crippen LogP contribution in [0.25, 0.3) is 0 Å². The van der Waals surface area contributed by atoms with Gasteiger partial charge in [-0.3, -0.25) is 0 Å². The number of aliphatic carboxylic acids is 1. The van der Waals surface area contributed by atoms with Gasteiger partial charge in [-0.2, -0.15) is 0 Å². The predicted octanol–water partition coefficient (Wildman–Crippen LogP) is -0.325. The summed E-state index contributed by atoms with van der Waals surface area (Å²) < 4.78 is 0. The van der Waals surface area contributed by atoms with Crippen LogP contribution < -0.4 is 0 Å². The van der Waals surface area contributed by atoms with Gasteiger partial charge in [0.25, 0.3) is 0 Å². The van der Waals surface area contributed by atoms with Crippen LogP contribution in [0, 0.1) is 10.2 Å². The number of hydrogen-bond donors (Lipinski definition) is 1. The molecule has 0 aliphatic rings. The molecule has 0 aliphatic carbocycles. The maximum absolute atomic E-state index is 9.62. The fraction of sp³-hybridized carbons (Fsp3) is 0.333. The van der Waals surface area contributed by atoms with Crippen LogP contribution in [-0.2, 0) is 4.79 Å². The van der Waals surface area contributed by atoms with Crippen molar-refractivity contribution >= 4 is 20.9 Å². The fourth-order valence-corrected chi connectivity index (χ4v) is 0.489. The van der Waals surface area contributed by atoms with Crippen LogP contribution in [0.15, 0.2) is 0 Å². The summed E-state index contributed by atoms with van der Waals surface area (Å²) in [6, 6.07) is 0. The van der Waals surface area contributed by atoms with E-state index in [4.69, 9.17) is 10.4 Å². The molecular formula is C3H3NO2Se. The van der Waals surface area contributed by atoms with E-state index in [0.29, 0.717) is 0 Å². The molecule has 0 unspecified atom stereocenters. The number of carboxylic acids is 1. The van der Waals surface area contributed by atoms with Crippen molar-refractivity contribution in [2.75, 3.05) is 0 Å². The first-order chi connectivity index (χ1) is 3.27. The summed E-state index contributed by atoms with van der Waals surface area (Å²) in [6.45, 7) is 0. The first-order valence-electron chi connectivity index (χ1n) is 1.50. The first-order valence-corrected chi connectivity index (χ1v) is 3.57. The third-order valence-corrected chi connectivity index (χ3v) is 1.35. The molecule has 0 radical (unpaired) electrons. The Morgan fingerprint density at radius 2 is 2.57 bits per heavy atom. The summed E-state index contributed by atoms with van der Waals surface area (Å²) in [5, 5.41) is 15.8. The summed E-state index contributed by atoms with van der Waals surface area (Å²) in [6.07, 6.45) is 0. The molecule has 0 bridgehead atoms. The molecule has 0 saturated carbocycles. The normalized spacial score (nSPS) is 7.29. The van der Waals surface area contributed by atoms with E-state index in [1.807, 2.05) is 0 Å². The molecule has 0 rings (SSSR count). The SMILES string of the molecule is N#C[Se]CC(=O)O. The van der Waals surface area contributed by atoms with Gasteiger partial charge >= 0.3 is 46.4 Å². The average Bonchev–Trinajstić information content (AvgIpc) is 1.61. The van der Waals surface area contributed by atoms with Crippen LogP contribution >= 0.6 is 0 Å². The van der Waals surface area contributed by atoms with Gasteiger partial charge in [-0.25, -0.2) is 0 Å². The number of nitriles is 1. The molecule has 0 heterocycles. The van der Waals surface area contributed by atoms with Crippen molar-refractivity contribution < 1.29 is 9.90 Å². The van der Waals surface area contributed by atoms with Crippen LogP contribution in [0.2, 0.25) is 5.32 Å². The monoisotopic (exact) mass is 165 g/mol. The van der Waals surface area contributed by atoms with E-state index in [1.54, 1.807) is 4.97 Å². The van der Waals surface area contributed by atoms with Crippen LogP contribution in [0.4, 0.5) is 0 Å². The molecule has 7 heavy (non-hydrogen) atoms. The molecule has 3 nitrogen and oxygen atoms in total. The summed E-state index contributed by atoms with van der Waals surface area (Å²) in [4.78, 5) is 11.4. The summed E-state index contributed by atoms with van der Waals surface area (Å²) in [5.74, 6) is -0.887. The Bertz CT molecular complexity index is 106. The standard InChI is InChI=1S/C3H3NO2Se/c4-2-7-1-3(5)6/h1H2,(H,5,6). The van der Waals surface area contributed by atoms with Crippen molar-refractivity contribution in [1.82, 2.24) is 0 Å². The number of carbonyl (C=O) groups is 1. The molecule has 4 heteroatoms. The second kappa shape index (κ2) is 3.66. The Morgan fingerprint density at radius 3 is 2.71 bits per heavy atom. The van der Waals surface area contributed by atoms with Gasteiger partial charge in [0.05, 0.1) is 0 Å². The Hall–Kier alpha value is -0.521. The van der Waals surface area contributed by atoms with E-state index in [-0.39, 0.29) is 20.3 Å². The third kappa shape index (κ3) is 5.48. The Labute approximate surface area is 47.1 Å². The molecule has 1 N–H and O–H groups in total. The van der Waals surface area contributed by atoms with Crippen LogP contribution in [0.5, 0.6) is 0 Å². The van der Waals surface area contributed by atoms with Crippen molar-refractivity contribution in [3.05, 3.63) is 0 Å². The van der Waals surface area contributed by atoms with Crippen molar-refractivity contribution in [3.63, 3.8) is 0 Å². The van der Waals surface area contributed by atoms with Crippen LogP contribution in [-0.4, -0.2) is 26.0 Å². The Morgan fingerprint density at radius 1 is 2.00 bits per heavy atom. The minimum absolute atomic E-state index is 0.0174. The second-order valence-corrected chi connectivity index (χ2v) is 2.37. The Balaban J connectivity index is 3.02. The zero-order chi connectivity index (χ0) is 5.70. The van der Waals surface area contributed by atoms with Crippen LogP contribution in [0.1, 0.15) is 0 Å². The number of carboxylic acid groups (broad SMARTS) is 1. The molecule has 0 atom stereocenters.